The molecule has 0 unspecified atom stereocenters. The molecule has 0 N–H and O–H groups in total. The zero-order valence-corrected chi connectivity index (χ0v) is 18.9. The van der Waals surface area contributed by atoms with Crippen molar-refractivity contribution >= 4 is 11.8 Å². The Bertz CT molecular complexity index is 1420. The maximum absolute atomic E-state index is 5.56. The van der Waals surface area contributed by atoms with Gasteiger partial charge < -0.3 is 14.0 Å². The average Bonchev–Trinajstić information content (AvgIpc) is 3.64. The smallest absolute Gasteiger partial charge is 0.231 e. The van der Waals surface area contributed by atoms with E-state index in [1.807, 2.05) is 84.9 Å². The summed E-state index contributed by atoms with van der Waals surface area (Å²) in [6.07, 6.45) is 0. The number of nitrogens with zero attached hydrogens (tertiary/aromatic N) is 4. The Balaban J connectivity index is 1.27. The molecule has 1 aliphatic heterocycles. The molecule has 0 saturated heterocycles. The number of hydrogen-bond donors (Lipinski definition) is 0. The first-order valence-electron chi connectivity index (χ1n) is 10.8. The van der Waals surface area contributed by atoms with Gasteiger partial charge in [0.25, 0.3) is 0 Å². The van der Waals surface area contributed by atoms with Gasteiger partial charge in [-0.15, -0.1) is 10.2 Å². The molecule has 0 amide bonds. The number of benzene rings is 3. The predicted octanol–water partition coefficient (Wildman–Crippen LogP) is 5.67. The molecule has 34 heavy (non-hydrogen) atoms. The minimum absolute atomic E-state index is 0.254. The van der Waals surface area contributed by atoms with Crippen LogP contribution in [0.2, 0.25) is 0 Å². The second-order valence-corrected chi connectivity index (χ2v) is 8.73. The van der Waals surface area contributed by atoms with Crippen molar-refractivity contribution in [3.63, 3.8) is 0 Å². The van der Waals surface area contributed by atoms with Gasteiger partial charge in [-0.25, -0.2) is 0 Å². The van der Waals surface area contributed by atoms with E-state index in [4.69, 9.17) is 14.0 Å². The molecular weight excluding hydrogens is 448 g/mol. The third-order valence-corrected chi connectivity index (χ3v) is 6.49. The highest BCUT2D eigenvalue weighted by Gasteiger charge is 2.18. The monoisotopic (exact) mass is 468 g/mol. The SMILES string of the molecule is c1ccc(-c2cc(CSc3nnc(-c4ccccc4)n3Cc3ccc4c(c3)OCO4)no2)cc1. The first-order chi connectivity index (χ1) is 16.8. The van der Waals surface area contributed by atoms with Crippen molar-refractivity contribution in [3.8, 4) is 34.2 Å². The number of aromatic nitrogens is 4. The van der Waals surface area contributed by atoms with Crippen molar-refractivity contribution < 1.29 is 14.0 Å². The van der Waals surface area contributed by atoms with Crippen molar-refractivity contribution in [3.05, 3.63) is 96.2 Å². The van der Waals surface area contributed by atoms with Gasteiger partial charge >= 0.3 is 0 Å². The molecule has 0 spiro atoms. The van der Waals surface area contributed by atoms with E-state index in [0.29, 0.717) is 12.3 Å². The molecule has 1 aliphatic rings. The Hall–Kier alpha value is -4.04. The Labute approximate surface area is 200 Å². The van der Waals surface area contributed by atoms with Gasteiger partial charge in [0.05, 0.1) is 12.2 Å². The lowest BCUT2D eigenvalue weighted by Gasteiger charge is -2.11. The number of ether oxygens (including phenoxy) is 2. The summed E-state index contributed by atoms with van der Waals surface area (Å²) in [6, 6.07) is 28.0. The minimum Gasteiger partial charge on any atom is -0.454 e. The van der Waals surface area contributed by atoms with E-state index in [-0.39, 0.29) is 6.79 Å². The van der Waals surface area contributed by atoms with E-state index in [1.54, 1.807) is 11.8 Å². The lowest BCUT2D eigenvalue weighted by molar-refractivity contribution is 0.174. The van der Waals surface area contributed by atoms with E-state index in [2.05, 4.69) is 19.9 Å². The van der Waals surface area contributed by atoms with Crippen molar-refractivity contribution in [2.45, 2.75) is 17.5 Å². The van der Waals surface area contributed by atoms with Crippen LogP contribution in [0.15, 0.2) is 94.6 Å². The minimum atomic E-state index is 0.254. The van der Waals surface area contributed by atoms with Crippen LogP contribution in [0.25, 0.3) is 22.7 Å². The molecule has 0 bridgehead atoms. The van der Waals surface area contributed by atoms with E-state index < -0.39 is 0 Å². The van der Waals surface area contributed by atoms with Gasteiger partial charge in [0.2, 0.25) is 6.79 Å². The van der Waals surface area contributed by atoms with Crippen LogP contribution in [-0.4, -0.2) is 26.7 Å². The summed E-state index contributed by atoms with van der Waals surface area (Å²) < 4.78 is 18.7. The molecule has 2 aromatic heterocycles. The molecular formula is C26H20N4O3S. The topological polar surface area (TPSA) is 75.2 Å². The van der Waals surface area contributed by atoms with Gasteiger partial charge in [0.15, 0.2) is 28.2 Å². The van der Waals surface area contributed by atoms with Gasteiger partial charge in [0, 0.05) is 22.9 Å². The Morgan fingerprint density at radius 2 is 1.56 bits per heavy atom. The van der Waals surface area contributed by atoms with Crippen LogP contribution in [-0.2, 0) is 12.3 Å². The number of rotatable bonds is 7. The third kappa shape index (κ3) is 4.15. The first kappa shape index (κ1) is 20.6. The Morgan fingerprint density at radius 3 is 2.38 bits per heavy atom. The van der Waals surface area contributed by atoms with Crippen molar-refractivity contribution in [2.75, 3.05) is 6.79 Å². The molecule has 0 atom stereocenters. The van der Waals surface area contributed by atoms with Gasteiger partial charge in [-0.3, -0.25) is 4.57 Å². The fourth-order valence-corrected chi connectivity index (χ4v) is 4.64. The summed E-state index contributed by atoms with van der Waals surface area (Å²) in [5.41, 5.74) is 3.94. The van der Waals surface area contributed by atoms with Crippen molar-refractivity contribution in [2.24, 2.45) is 0 Å². The molecule has 7 nitrogen and oxygen atoms in total. The molecule has 0 fully saturated rings. The first-order valence-corrected chi connectivity index (χ1v) is 11.8. The van der Waals surface area contributed by atoms with E-state index >= 15 is 0 Å². The van der Waals surface area contributed by atoms with Crippen molar-refractivity contribution in [1.82, 2.24) is 19.9 Å². The zero-order chi connectivity index (χ0) is 22.7. The normalized spacial score (nSPS) is 12.2. The number of thioether (sulfide) groups is 1. The van der Waals surface area contributed by atoms with Gasteiger partial charge in [-0.1, -0.05) is 83.6 Å². The predicted molar refractivity (Wildman–Crippen MR) is 129 cm³/mol. The van der Waals surface area contributed by atoms with Gasteiger partial charge in [-0.05, 0) is 17.7 Å². The molecule has 6 rings (SSSR count). The molecule has 3 heterocycles. The van der Waals surface area contributed by atoms with E-state index in [1.165, 1.54) is 0 Å². The van der Waals surface area contributed by atoms with Gasteiger partial charge in [-0.2, -0.15) is 0 Å². The van der Waals surface area contributed by atoms with Crippen LogP contribution < -0.4 is 9.47 Å². The number of hydrogen-bond acceptors (Lipinski definition) is 7. The van der Waals surface area contributed by atoms with Crippen LogP contribution in [0.4, 0.5) is 0 Å². The fraction of sp³-hybridized carbons (Fsp3) is 0.115. The highest BCUT2D eigenvalue weighted by atomic mass is 32.2. The summed E-state index contributed by atoms with van der Waals surface area (Å²) in [6.45, 7) is 0.856. The molecule has 0 radical (unpaired) electrons. The average molecular weight is 469 g/mol. The summed E-state index contributed by atoms with van der Waals surface area (Å²) in [5, 5.41) is 14.1. The van der Waals surface area contributed by atoms with Crippen LogP contribution in [0, 0.1) is 0 Å². The maximum atomic E-state index is 5.56. The molecule has 8 heteroatoms. The van der Waals surface area contributed by atoms with Crippen LogP contribution in [0.3, 0.4) is 0 Å². The Morgan fingerprint density at radius 1 is 0.794 bits per heavy atom. The second-order valence-electron chi connectivity index (χ2n) is 7.78. The van der Waals surface area contributed by atoms with Gasteiger partial charge in [0.1, 0.15) is 0 Å². The summed E-state index contributed by atoms with van der Waals surface area (Å²) in [5.74, 6) is 3.71. The van der Waals surface area contributed by atoms with E-state index in [0.717, 1.165) is 50.6 Å². The molecule has 0 aliphatic carbocycles. The standard InChI is InChI=1S/C26H20N4O3S/c1-3-7-19(8-4-1)23-14-21(29-33-23)16-34-26-28-27-25(20-9-5-2-6-10-20)30(26)15-18-11-12-22-24(13-18)32-17-31-22/h1-14H,15-17H2. The fourth-order valence-electron chi connectivity index (χ4n) is 3.82. The van der Waals surface area contributed by atoms with Crippen LogP contribution in [0.1, 0.15) is 11.3 Å². The third-order valence-electron chi connectivity index (χ3n) is 5.49. The molecule has 168 valence electrons. The van der Waals surface area contributed by atoms with Crippen molar-refractivity contribution in [1.29, 1.82) is 0 Å². The second kappa shape index (κ2) is 9.07. The van der Waals surface area contributed by atoms with E-state index in [9.17, 15) is 0 Å². The van der Waals surface area contributed by atoms with Crippen LogP contribution in [0.5, 0.6) is 11.5 Å². The highest BCUT2D eigenvalue weighted by Crippen LogP contribution is 2.34. The lowest BCUT2D eigenvalue weighted by atomic mass is 10.2. The quantitative estimate of drug-likeness (QED) is 0.285. The zero-order valence-electron chi connectivity index (χ0n) is 18.1. The maximum Gasteiger partial charge on any atom is 0.231 e. The molecule has 0 saturated carbocycles. The number of fused-ring (bicyclic) bond motifs is 1. The molecule has 5 aromatic rings. The summed E-state index contributed by atoms with van der Waals surface area (Å²) in [4.78, 5) is 0. The highest BCUT2D eigenvalue weighted by molar-refractivity contribution is 7.98. The summed E-state index contributed by atoms with van der Waals surface area (Å²) in [7, 11) is 0. The largest absolute Gasteiger partial charge is 0.454 e. The Kier molecular flexibility index (Phi) is 5.48. The van der Waals surface area contributed by atoms with Crippen LogP contribution >= 0.6 is 11.8 Å². The molecule has 3 aromatic carbocycles. The lowest BCUT2D eigenvalue weighted by Crippen LogP contribution is -2.04. The summed E-state index contributed by atoms with van der Waals surface area (Å²) >= 11 is 1.58.